The molecule has 0 aliphatic carbocycles. The first-order chi connectivity index (χ1) is 6.67. The van der Waals surface area contributed by atoms with Crippen LogP contribution in [-0.4, -0.2) is 13.1 Å². The Kier molecular flexibility index (Phi) is 3.49. The van der Waals surface area contributed by atoms with Gasteiger partial charge in [-0.2, -0.15) is 0 Å². The standard InChI is InChI=1S/C10H8ClNO2/c1-12-6-7-3-8(10(13)14-2)5-9(11)4-7/h3-5H,6H2,2H3. The fraction of sp³-hybridized carbons (Fsp3) is 0.200. The Labute approximate surface area is 87.1 Å². The molecule has 0 fully saturated rings. The van der Waals surface area contributed by atoms with Crippen LogP contribution >= 0.6 is 11.6 Å². The number of esters is 1. The summed E-state index contributed by atoms with van der Waals surface area (Å²) in [6.07, 6.45) is 0. The molecule has 0 spiro atoms. The highest BCUT2D eigenvalue weighted by molar-refractivity contribution is 6.31. The SMILES string of the molecule is [C-]#[N+]Cc1cc(Cl)cc(C(=O)OC)c1. The molecule has 0 atom stereocenters. The monoisotopic (exact) mass is 209 g/mol. The van der Waals surface area contributed by atoms with Crippen molar-refractivity contribution in [2.45, 2.75) is 6.54 Å². The molecule has 0 bridgehead atoms. The second-order valence-electron chi connectivity index (χ2n) is 2.66. The number of carbonyl (C=O) groups excluding carboxylic acids is 1. The lowest BCUT2D eigenvalue weighted by molar-refractivity contribution is 0.0600. The van der Waals surface area contributed by atoms with E-state index in [1.807, 2.05) is 0 Å². The van der Waals surface area contributed by atoms with Gasteiger partial charge in [-0.05, 0) is 18.2 Å². The Bertz CT molecular complexity index is 396. The van der Waals surface area contributed by atoms with Crippen molar-refractivity contribution in [3.63, 3.8) is 0 Å². The minimum Gasteiger partial charge on any atom is -0.465 e. The molecule has 0 saturated heterocycles. The van der Waals surface area contributed by atoms with Crippen LogP contribution in [0.3, 0.4) is 0 Å². The fourth-order valence-electron chi connectivity index (χ4n) is 1.07. The van der Waals surface area contributed by atoms with Crippen molar-refractivity contribution in [1.82, 2.24) is 0 Å². The Morgan fingerprint density at radius 2 is 2.29 bits per heavy atom. The van der Waals surface area contributed by atoms with Crippen LogP contribution in [0.15, 0.2) is 18.2 Å². The number of carbonyl (C=O) groups is 1. The van der Waals surface area contributed by atoms with Gasteiger partial charge in [0.1, 0.15) is 0 Å². The molecule has 0 aliphatic heterocycles. The molecule has 0 heterocycles. The van der Waals surface area contributed by atoms with Gasteiger partial charge in [0.15, 0.2) is 0 Å². The lowest BCUT2D eigenvalue weighted by Gasteiger charge is -2.01. The number of hydrogen-bond donors (Lipinski definition) is 0. The van der Waals surface area contributed by atoms with Gasteiger partial charge < -0.3 is 9.58 Å². The van der Waals surface area contributed by atoms with Crippen molar-refractivity contribution in [3.05, 3.63) is 45.8 Å². The molecule has 14 heavy (non-hydrogen) atoms. The molecular formula is C10H8ClNO2. The Hall–Kier alpha value is -1.53. The van der Waals surface area contributed by atoms with E-state index >= 15 is 0 Å². The van der Waals surface area contributed by atoms with Crippen molar-refractivity contribution in [2.75, 3.05) is 7.11 Å². The van der Waals surface area contributed by atoms with Crippen LogP contribution < -0.4 is 0 Å². The van der Waals surface area contributed by atoms with E-state index in [9.17, 15) is 4.79 Å². The Morgan fingerprint density at radius 3 is 2.86 bits per heavy atom. The van der Waals surface area contributed by atoms with Gasteiger partial charge in [-0.25, -0.2) is 11.4 Å². The van der Waals surface area contributed by atoms with E-state index in [2.05, 4.69) is 9.58 Å². The van der Waals surface area contributed by atoms with E-state index in [1.54, 1.807) is 12.1 Å². The maximum absolute atomic E-state index is 11.2. The summed E-state index contributed by atoms with van der Waals surface area (Å²) < 4.78 is 4.55. The molecule has 3 nitrogen and oxygen atoms in total. The fourth-order valence-corrected chi connectivity index (χ4v) is 1.33. The molecule has 0 radical (unpaired) electrons. The predicted octanol–water partition coefficient (Wildman–Crippen LogP) is 2.55. The second-order valence-corrected chi connectivity index (χ2v) is 3.09. The van der Waals surface area contributed by atoms with Gasteiger partial charge in [0.25, 0.3) is 0 Å². The zero-order valence-corrected chi connectivity index (χ0v) is 8.34. The third kappa shape index (κ3) is 2.48. The summed E-state index contributed by atoms with van der Waals surface area (Å²) in [5.41, 5.74) is 1.09. The smallest absolute Gasteiger partial charge is 0.337 e. The normalized spacial score (nSPS) is 9.21. The van der Waals surface area contributed by atoms with Crippen molar-refractivity contribution >= 4 is 17.6 Å². The first-order valence-electron chi connectivity index (χ1n) is 3.88. The topological polar surface area (TPSA) is 30.7 Å². The molecule has 0 aliphatic rings. The van der Waals surface area contributed by atoms with E-state index in [4.69, 9.17) is 18.2 Å². The number of methoxy groups -OCH3 is 1. The molecule has 0 aromatic heterocycles. The average Bonchev–Trinajstić information content (AvgIpc) is 2.16. The van der Waals surface area contributed by atoms with E-state index in [0.717, 1.165) is 0 Å². The molecule has 72 valence electrons. The van der Waals surface area contributed by atoms with Gasteiger partial charge in [-0.1, -0.05) is 11.6 Å². The summed E-state index contributed by atoms with van der Waals surface area (Å²) in [6.45, 7) is 6.91. The quantitative estimate of drug-likeness (QED) is 0.554. The number of halogens is 1. The van der Waals surface area contributed by atoms with Crippen molar-refractivity contribution in [2.24, 2.45) is 0 Å². The number of nitrogens with zero attached hydrogens (tertiary/aromatic N) is 1. The summed E-state index contributed by atoms with van der Waals surface area (Å²) in [6, 6.07) is 4.78. The Morgan fingerprint density at radius 1 is 1.57 bits per heavy atom. The minimum atomic E-state index is -0.446. The molecular weight excluding hydrogens is 202 g/mol. The van der Waals surface area contributed by atoms with E-state index in [-0.39, 0.29) is 6.54 Å². The third-order valence-corrected chi connectivity index (χ3v) is 1.86. The van der Waals surface area contributed by atoms with Crippen LogP contribution in [0.5, 0.6) is 0 Å². The van der Waals surface area contributed by atoms with Crippen LogP contribution in [0, 0.1) is 6.57 Å². The lowest BCUT2D eigenvalue weighted by Crippen LogP contribution is -2.01. The van der Waals surface area contributed by atoms with Gasteiger partial charge in [-0.15, -0.1) is 0 Å². The van der Waals surface area contributed by atoms with Crippen LogP contribution in [0.4, 0.5) is 0 Å². The van der Waals surface area contributed by atoms with Gasteiger partial charge in [0.2, 0.25) is 6.54 Å². The molecule has 0 N–H and O–H groups in total. The number of benzene rings is 1. The van der Waals surface area contributed by atoms with E-state index in [0.29, 0.717) is 16.1 Å². The summed E-state index contributed by atoms with van der Waals surface area (Å²) in [5, 5.41) is 0.437. The van der Waals surface area contributed by atoms with Crippen LogP contribution in [0.2, 0.25) is 5.02 Å². The highest BCUT2D eigenvalue weighted by atomic mass is 35.5. The maximum Gasteiger partial charge on any atom is 0.337 e. The average molecular weight is 210 g/mol. The summed E-state index contributed by atoms with van der Waals surface area (Å²) >= 11 is 5.78. The highest BCUT2D eigenvalue weighted by Gasteiger charge is 2.08. The first kappa shape index (κ1) is 10.6. The summed E-state index contributed by atoms with van der Waals surface area (Å²) in [5.74, 6) is -0.446. The van der Waals surface area contributed by atoms with Crippen molar-refractivity contribution in [1.29, 1.82) is 0 Å². The Balaban J connectivity index is 3.08. The van der Waals surface area contributed by atoms with Gasteiger partial charge in [0.05, 0.1) is 12.7 Å². The van der Waals surface area contributed by atoms with E-state index < -0.39 is 5.97 Å². The number of ether oxygens (including phenoxy) is 1. The molecule has 1 aromatic rings. The molecule has 0 unspecified atom stereocenters. The zero-order valence-electron chi connectivity index (χ0n) is 7.58. The second kappa shape index (κ2) is 4.64. The molecule has 4 heteroatoms. The van der Waals surface area contributed by atoms with Crippen LogP contribution in [0.25, 0.3) is 4.85 Å². The number of hydrogen-bond acceptors (Lipinski definition) is 2. The van der Waals surface area contributed by atoms with Crippen LogP contribution in [-0.2, 0) is 11.3 Å². The predicted molar refractivity (Wildman–Crippen MR) is 53.1 cm³/mol. The van der Waals surface area contributed by atoms with Crippen molar-refractivity contribution < 1.29 is 9.53 Å². The maximum atomic E-state index is 11.2. The highest BCUT2D eigenvalue weighted by Crippen LogP contribution is 2.16. The molecule has 1 aromatic carbocycles. The zero-order chi connectivity index (χ0) is 10.6. The van der Waals surface area contributed by atoms with Crippen LogP contribution in [0.1, 0.15) is 15.9 Å². The molecule has 0 amide bonds. The van der Waals surface area contributed by atoms with Gasteiger partial charge in [0, 0.05) is 10.6 Å². The van der Waals surface area contributed by atoms with E-state index in [1.165, 1.54) is 13.2 Å². The van der Waals surface area contributed by atoms with Crippen molar-refractivity contribution in [3.8, 4) is 0 Å². The number of rotatable bonds is 2. The summed E-state index contributed by atoms with van der Waals surface area (Å²) in [4.78, 5) is 14.4. The van der Waals surface area contributed by atoms with Gasteiger partial charge >= 0.3 is 5.97 Å². The molecule has 1 rings (SSSR count). The largest absolute Gasteiger partial charge is 0.465 e. The molecule has 0 saturated carbocycles. The summed E-state index contributed by atoms with van der Waals surface area (Å²) in [7, 11) is 1.30. The van der Waals surface area contributed by atoms with Gasteiger partial charge in [-0.3, -0.25) is 0 Å². The third-order valence-electron chi connectivity index (χ3n) is 1.64. The minimum absolute atomic E-state index is 0.213. The first-order valence-corrected chi connectivity index (χ1v) is 4.26. The lowest BCUT2D eigenvalue weighted by atomic mass is 10.1.